The molecule has 1 aromatic carbocycles. The third kappa shape index (κ3) is 5.60. The predicted molar refractivity (Wildman–Crippen MR) is 81.6 cm³/mol. The van der Waals surface area contributed by atoms with E-state index in [4.69, 9.17) is 9.84 Å². The fraction of sp³-hybridized carbons (Fsp3) is 0.385. The van der Waals surface area contributed by atoms with Gasteiger partial charge in [0.25, 0.3) is 11.6 Å². The van der Waals surface area contributed by atoms with E-state index in [0.717, 1.165) is 11.8 Å². The van der Waals surface area contributed by atoms with Crippen LogP contribution in [0, 0.1) is 10.1 Å². The number of carboxylic acids is 1. The van der Waals surface area contributed by atoms with Gasteiger partial charge in [0.05, 0.1) is 17.3 Å². The Morgan fingerprint density at radius 3 is 2.77 bits per heavy atom. The highest BCUT2D eigenvalue weighted by molar-refractivity contribution is 7.99. The van der Waals surface area contributed by atoms with E-state index in [9.17, 15) is 19.7 Å². The van der Waals surface area contributed by atoms with E-state index in [1.807, 2.05) is 0 Å². The lowest BCUT2D eigenvalue weighted by molar-refractivity contribution is -0.385. The van der Waals surface area contributed by atoms with Crippen molar-refractivity contribution in [2.45, 2.75) is 6.92 Å². The van der Waals surface area contributed by atoms with E-state index >= 15 is 0 Å². The van der Waals surface area contributed by atoms with Crippen LogP contribution in [0.2, 0.25) is 0 Å². The summed E-state index contributed by atoms with van der Waals surface area (Å²) in [4.78, 5) is 32.7. The van der Waals surface area contributed by atoms with Crippen LogP contribution in [0.5, 0.6) is 5.75 Å². The number of ether oxygens (including phenoxy) is 1. The lowest BCUT2D eigenvalue weighted by Crippen LogP contribution is -2.26. The first-order chi connectivity index (χ1) is 10.5. The number of thioether (sulfide) groups is 1. The van der Waals surface area contributed by atoms with Crippen molar-refractivity contribution in [2.24, 2.45) is 0 Å². The molecule has 0 heterocycles. The lowest BCUT2D eigenvalue weighted by atomic mass is 10.1. The normalized spacial score (nSPS) is 10.0. The Morgan fingerprint density at radius 2 is 2.18 bits per heavy atom. The van der Waals surface area contributed by atoms with E-state index in [-0.39, 0.29) is 23.5 Å². The Hall–Kier alpha value is -2.29. The third-order valence-electron chi connectivity index (χ3n) is 2.48. The molecule has 0 atom stereocenters. The van der Waals surface area contributed by atoms with Crippen LogP contribution in [0.1, 0.15) is 17.3 Å². The van der Waals surface area contributed by atoms with Gasteiger partial charge in [-0.2, -0.15) is 0 Å². The van der Waals surface area contributed by atoms with Crippen LogP contribution in [0.4, 0.5) is 5.69 Å². The molecule has 0 saturated heterocycles. The Labute approximate surface area is 131 Å². The second-order valence-corrected chi connectivity index (χ2v) is 5.18. The van der Waals surface area contributed by atoms with Crippen LogP contribution in [-0.4, -0.2) is 46.6 Å². The number of benzene rings is 1. The minimum atomic E-state index is -0.934. The summed E-state index contributed by atoms with van der Waals surface area (Å²) in [6.45, 7) is 2.36. The zero-order valence-corrected chi connectivity index (χ0v) is 12.7. The molecule has 22 heavy (non-hydrogen) atoms. The predicted octanol–water partition coefficient (Wildman–Crippen LogP) is 1.54. The highest BCUT2D eigenvalue weighted by Gasteiger charge is 2.20. The molecule has 0 aliphatic rings. The molecule has 1 amide bonds. The number of nitro groups is 1. The number of carbonyl (C=O) groups is 2. The van der Waals surface area contributed by atoms with E-state index < -0.39 is 16.8 Å². The minimum absolute atomic E-state index is 0.0597. The molecule has 1 rings (SSSR count). The Kier molecular flexibility index (Phi) is 7.17. The van der Waals surface area contributed by atoms with Gasteiger partial charge in [0.1, 0.15) is 11.3 Å². The molecular weight excluding hydrogens is 312 g/mol. The van der Waals surface area contributed by atoms with Crippen molar-refractivity contribution >= 4 is 29.3 Å². The number of nitro benzene ring substituents is 1. The van der Waals surface area contributed by atoms with E-state index in [0.29, 0.717) is 18.1 Å². The van der Waals surface area contributed by atoms with Crippen LogP contribution in [-0.2, 0) is 4.79 Å². The van der Waals surface area contributed by atoms with Crippen molar-refractivity contribution in [3.63, 3.8) is 0 Å². The fourth-order valence-electron chi connectivity index (χ4n) is 1.60. The first kappa shape index (κ1) is 17.8. The molecular formula is C13H16N2O6S. The SMILES string of the molecule is CCOc1ccc([N+](=O)[O-])c(C(=O)NCCSCC(=O)O)c1. The second kappa shape index (κ2) is 8.88. The first-order valence-electron chi connectivity index (χ1n) is 6.44. The topological polar surface area (TPSA) is 119 Å². The number of carboxylic acid groups (broad SMARTS) is 1. The fourth-order valence-corrected chi connectivity index (χ4v) is 2.17. The van der Waals surface area contributed by atoms with Crippen LogP contribution in [0.25, 0.3) is 0 Å². The molecule has 0 aliphatic carbocycles. The second-order valence-electron chi connectivity index (χ2n) is 4.07. The zero-order chi connectivity index (χ0) is 16.5. The average Bonchev–Trinajstić information content (AvgIpc) is 2.46. The molecule has 120 valence electrons. The maximum absolute atomic E-state index is 12.0. The van der Waals surface area contributed by atoms with Crippen molar-refractivity contribution in [1.82, 2.24) is 5.32 Å². The smallest absolute Gasteiger partial charge is 0.313 e. The average molecular weight is 328 g/mol. The highest BCUT2D eigenvalue weighted by Crippen LogP contribution is 2.24. The first-order valence-corrected chi connectivity index (χ1v) is 7.60. The van der Waals surface area contributed by atoms with Gasteiger partial charge >= 0.3 is 5.97 Å². The van der Waals surface area contributed by atoms with Gasteiger partial charge < -0.3 is 15.2 Å². The Morgan fingerprint density at radius 1 is 1.45 bits per heavy atom. The summed E-state index contributed by atoms with van der Waals surface area (Å²) in [5.41, 5.74) is -0.390. The number of hydrogen-bond donors (Lipinski definition) is 2. The summed E-state index contributed by atoms with van der Waals surface area (Å²) in [5.74, 6) is -0.814. The molecule has 0 bridgehead atoms. The van der Waals surface area contributed by atoms with Crippen molar-refractivity contribution < 1.29 is 24.4 Å². The number of carbonyl (C=O) groups excluding carboxylic acids is 1. The molecule has 0 saturated carbocycles. The van der Waals surface area contributed by atoms with Gasteiger partial charge in [-0.25, -0.2) is 0 Å². The van der Waals surface area contributed by atoms with E-state index in [1.165, 1.54) is 18.2 Å². The van der Waals surface area contributed by atoms with Crippen LogP contribution < -0.4 is 10.1 Å². The summed E-state index contributed by atoms with van der Waals surface area (Å²) in [6.07, 6.45) is 0. The van der Waals surface area contributed by atoms with Gasteiger partial charge in [-0.15, -0.1) is 11.8 Å². The molecule has 8 nitrogen and oxygen atoms in total. The van der Waals surface area contributed by atoms with E-state index in [1.54, 1.807) is 6.92 Å². The summed E-state index contributed by atoms with van der Waals surface area (Å²) in [5, 5.41) is 22.0. The quantitative estimate of drug-likeness (QED) is 0.401. The maximum Gasteiger partial charge on any atom is 0.313 e. The van der Waals surface area contributed by atoms with Crippen LogP contribution in [0.15, 0.2) is 18.2 Å². The van der Waals surface area contributed by atoms with Gasteiger partial charge in [-0.1, -0.05) is 0 Å². The van der Waals surface area contributed by atoms with Gasteiger partial charge in [0.2, 0.25) is 0 Å². The number of nitrogens with one attached hydrogen (secondary N) is 1. The number of hydrogen-bond acceptors (Lipinski definition) is 6. The summed E-state index contributed by atoms with van der Waals surface area (Å²) >= 11 is 1.15. The Bertz CT molecular complexity index is 563. The van der Waals surface area contributed by atoms with Gasteiger partial charge in [-0.05, 0) is 19.1 Å². The van der Waals surface area contributed by atoms with Crippen molar-refractivity contribution in [1.29, 1.82) is 0 Å². The monoisotopic (exact) mass is 328 g/mol. The molecule has 0 aliphatic heterocycles. The molecule has 2 N–H and O–H groups in total. The standard InChI is InChI=1S/C13H16N2O6S/c1-2-21-9-3-4-11(15(19)20)10(7-9)13(18)14-5-6-22-8-12(16)17/h3-4,7H,2,5-6,8H2,1H3,(H,14,18)(H,16,17). The number of aliphatic carboxylic acids is 1. The van der Waals surface area contributed by atoms with Crippen molar-refractivity contribution in [2.75, 3.05) is 24.7 Å². The van der Waals surface area contributed by atoms with Gasteiger partial charge in [0.15, 0.2) is 0 Å². The molecule has 0 fully saturated rings. The molecule has 0 radical (unpaired) electrons. The van der Waals surface area contributed by atoms with Gasteiger partial charge in [-0.3, -0.25) is 19.7 Å². The minimum Gasteiger partial charge on any atom is -0.494 e. The molecule has 0 spiro atoms. The zero-order valence-electron chi connectivity index (χ0n) is 11.9. The molecule has 1 aromatic rings. The van der Waals surface area contributed by atoms with Crippen molar-refractivity contribution in [3.05, 3.63) is 33.9 Å². The summed E-state index contributed by atoms with van der Waals surface area (Å²) in [7, 11) is 0. The number of amides is 1. The van der Waals surface area contributed by atoms with Crippen LogP contribution >= 0.6 is 11.8 Å². The molecule has 9 heteroatoms. The van der Waals surface area contributed by atoms with E-state index in [2.05, 4.69) is 5.32 Å². The highest BCUT2D eigenvalue weighted by atomic mass is 32.2. The maximum atomic E-state index is 12.0. The van der Waals surface area contributed by atoms with Gasteiger partial charge in [0, 0.05) is 18.4 Å². The molecule has 0 aromatic heterocycles. The number of nitrogens with zero attached hydrogens (tertiary/aromatic N) is 1. The summed E-state index contributed by atoms with van der Waals surface area (Å²) < 4.78 is 5.23. The largest absolute Gasteiger partial charge is 0.494 e. The number of rotatable bonds is 9. The third-order valence-corrected chi connectivity index (χ3v) is 3.42. The lowest BCUT2D eigenvalue weighted by Gasteiger charge is -2.08. The van der Waals surface area contributed by atoms with Crippen molar-refractivity contribution in [3.8, 4) is 5.75 Å². The molecule has 0 unspecified atom stereocenters. The Balaban J connectivity index is 2.71. The van der Waals surface area contributed by atoms with Crippen LogP contribution in [0.3, 0.4) is 0 Å². The summed E-state index contributed by atoms with van der Waals surface area (Å²) in [6, 6.07) is 3.97.